The molecule has 0 saturated heterocycles. The number of carbonyl (C=O) groups excluding carboxylic acids is 1. The molecule has 0 fully saturated rings. The Morgan fingerprint density at radius 3 is 2.47 bits per heavy atom. The molecule has 0 bridgehead atoms. The van der Waals surface area contributed by atoms with Crippen molar-refractivity contribution in [2.24, 2.45) is 0 Å². The van der Waals surface area contributed by atoms with Crippen LogP contribution in [0.5, 0.6) is 0 Å². The number of benzene rings is 2. The maximum atomic E-state index is 12.8. The molecule has 6 nitrogen and oxygen atoms in total. The van der Waals surface area contributed by atoms with Crippen molar-refractivity contribution in [3.05, 3.63) is 77.3 Å². The zero-order valence-corrected chi connectivity index (χ0v) is 17.6. The summed E-state index contributed by atoms with van der Waals surface area (Å²) in [5.41, 5.74) is 4.81. The molecular formula is C24H26N4O2. The fourth-order valence-corrected chi connectivity index (χ4v) is 3.78. The Morgan fingerprint density at radius 1 is 1.07 bits per heavy atom. The van der Waals surface area contributed by atoms with Gasteiger partial charge in [-0.1, -0.05) is 73.6 Å². The number of nitrogens with one attached hydrogen (secondary N) is 1. The van der Waals surface area contributed by atoms with Gasteiger partial charge in [0.2, 0.25) is 5.82 Å². The molecule has 154 valence electrons. The van der Waals surface area contributed by atoms with Gasteiger partial charge in [-0.25, -0.2) is 4.79 Å². The first-order valence-corrected chi connectivity index (χ1v) is 10.4. The molecule has 1 N–H and O–H groups in total. The quantitative estimate of drug-likeness (QED) is 0.615. The summed E-state index contributed by atoms with van der Waals surface area (Å²) in [5, 5.41) is 7.32. The summed E-state index contributed by atoms with van der Waals surface area (Å²) in [7, 11) is 0. The summed E-state index contributed by atoms with van der Waals surface area (Å²) in [6.45, 7) is 6.75. The summed E-state index contributed by atoms with van der Waals surface area (Å²) >= 11 is 0. The second-order valence-corrected chi connectivity index (χ2v) is 7.42. The number of rotatable bonds is 6. The van der Waals surface area contributed by atoms with Crippen LogP contribution in [0.15, 0.2) is 64.8 Å². The van der Waals surface area contributed by atoms with Gasteiger partial charge in [0, 0.05) is 17.8 Å². The van der Waals surface area contributed by atoms with Crippen LogP contribution < -0.4 is 5.32 Å². The van der Waals surface area contributed by atoms with Gasteiger partial charge >= 0.3 is 6.03 Å². The molecule has 1 atom stereocenters. The molecule has 1 aliphatic heterocycles. The lowest BCUT2D eigenvalue weighted by Crippen LogP contribution is -2.46. The summed E-state index contributed by atoms with van der Waals surface area (Å²) < 4.78 is 5.69. The fourth-order valence-electron chi connectivity index (χ4n) is 3.78. The van der Waals surface area contributed by atoms with Gasteiger partial charge in [-0.05, 0) is 30.9 Å². The minimum absolute atomic E-state index is 0.106. The molecule has 2 heterocycles. The van der Waals surface area contributed by atoms with Crippen molar-refractivity contribution in [3.8, 4) is 11.4 Å². The first kappa shape index (κ1) is 19.9. The van der Waals surface area contributed by atoms with E-state index in [1.807, 2.05) is 37.3 Å². The largest absolute Gasteiger partial charge is 0.334 e. The number of amides is 2. The van der Waals surface area contributed by atoms with Crippen molar-refractivity contribution in [3.63, 3.8) is 0 Å². The monoisotopic (exact) mass is 402 g/mol. The third kappa shape index (κ3) is 3.73. The van der Waals surface area contributed by atoms with Crippen LogP contribution in [0.4, 0.5) is 4.79 Å². The highest BCUT2D eigenvalue weighted by Gasteiger charge is 2.35. The van der Waals surface area contributed by atoms with Crippen LogP contribution >= 0.6 is 0 Å². The molecule has 2 amide bonds. The van der Waals surface area contributed by atoms with Crippen LogP contribution in [-0.4, -0.2) is 27.6 Å². The number of urea groups is 1. The van der Waals surface area contributed by atoms with E-state index >= 15 is 0 Å². The summed E-state index contributed by atoms with van der Waals surface area (Å²) in [4.78, 5) is 19.2. The van der Waals surface area contributed by atoms with E-state index in [1.54, 1.807) is 4.90 Å². The van der Waals surface area contributed by atoms with Crippen LogP contribution in [0.2, 0.25) is 0 Å². The number of aromatic nitrogens is 2. The average molecular weight is 402 g/mol. The predicted molar refractivity (Wildman–Crippen MR) is 116 cm³/mol. The smallest absolute Gasteiger partial charge is 0.322 e. The molecule has 4 rings (SSSR count). The fraction of sp³-hybridized carbons (Fsp3) is 0.292. The molecule has 1 aliphatic rings. The van der Waals surface area contributed by atoms with Gasteiger partial charge in [0.05, 0.1) is 11.6 Å². The molecule has 2 aromatic carbocycles. The first-order chi connectivity index (χ1) is 14.6. The van der Waals surface area contributed by atoms with Crippen molar-refractivity contribution >= 4 is 11.6 Å². The molecule has 0 aliphatic carbocycles. The van der Waals surface area contributed by atoms with Crippen LogP contribution in [0.1, 0.15) is 50.3 Å². The zero-order valence-electron chi connectivity index (χ0n) is 17.6. The lowest BCUT2D eigenvalue weighted by molar-refractivity contribution is 0.205. The van der Waals surface area contributed by atoms with E-state index in [0.717, 1.165) is 35.2 Å². The third-order valence-electron chi connectivity index (χ3n) is 5.45. The normalized spacial score (nSPS) is 16.7. The highest BCUT2D eigenvalue weighted by atomic mass is 16.5. The summed E-state index contributed by atoms with van der Waals surface area (Å²) in [6.07, 6.45) is 1.82. The van der Waals surface area contributed by atoms with Crippen LogP contribution in [-0.2, 0) is 6.42 Å². The Balaban J connectivity index is 1.80. The van der Waals surface area contributed by atoms with Gasteiger partial charge in [0.25, 0.3) is 5.89 Å². The van der Waals surface area contributed by atoms with E-state index in [-0.39, 0.29) is 12.1 Å². The molecule has 1 aromatic heterocycles. The highest BCUT2D eigenvalue weighted by molar-refractivity contribution is 5.86. The van der Waals surface area contributed by atoms with Crippen LogP contribution in [0, 0.1) is 0 Å². The van der Waals surface area contributed by atoms with Crippen molar-refractivity contribution < 1.29 is 9.32 Å². The molecule has 0 saturated carbocycles. The van der Waals surface area contributed by atoms with Crippen molar-refractivity contribution in [2.75, 3.05) is 6.54 Å². The van der Waals surface area contributed by atoms with Crippen LogP contribution in [0.25, 0.3) is 17.0 Å². The summed E-state index contributed by atoms with van der Waals surface area (Å²) in [6, 6.07) is 17.6. The van der Waals surface area contributed by atoms with Gasteiger partial charge < -0.3 is 9.84 Å². The molecule has 0 spiro atoms. The minimum Gasteiger partial charge on any atom is -0.334 e. The van der Waals surface area contributed by atoms with Gasteiger partial charge in [0.15, 0.2) is 0 Å². The third-order valence-corrected chi connectivity index (χ3v) is 5.45. The second-order valence-electron chi connectivity index (χ2n) is 7.42. The number of nitrogens with zero attached hydrogens (tertiary/aromatic N) is 3. The topological polar surface area (TPSA) is 71.3 Å². The Hall–Kier alpha value is -3.41. The number of allylic oxidation sites excluding steroid dienone is 1. The molecule has 3 aromatic rings. The first-order valence-electron chi connectivity index (χ1n) is 10.4. The molecule has 1 unspecified atom stereocenters. The SMILES string of the molecule is CCCN1C(=O)NC(c2ccc(CC)cc2)C(c2nc(-c3ccccc3)no2)=C1C. The lowest BCUT2D eigenvalue weighted by atomic mass is 9.93. The van der Waals surface area contributed by atoms with Gasteiger partial charge in [-0.3, -0.25) is 4.90 Å². The number of aryl methyl sites for hydroxylation is 1. The maximum absolute atomic E-state index is 12.8. The average Bonchev–Trinajstić information content (AvgIpc) is 3.26. The Morgan fingerprint density at radius 2 is 1.80 bits per heavy atom. The van der Waals surface area contributed by atoms with E-state index < -0.39 is 0 Å². The van der Waals surface area contributed by atoms with Gasteiger partial charge in [-0.2, -0.15) is 4.98 Å². The summed E-state index contributed by atoms with van der Waals surface area (Å²) in [5.74, 6) is 0.960. The highest BCUT2D eigenvalue weighted by Crippen LogP contribution is 2.37. The maximum Gasteiger partial charge on any atom is 0.322 e. The number of carbonyl (C=O) groups is 1. The van der Waals surface area contributed by atoms with E-state index in [0.29, 0.717) is 18.3 Å². The Bertz CT molecular complexity index is 1050. The molecule has 0 radical (unpaired) electrons. The van der Waals surface area contributed by atoms with Crippen molar-refractivity contribution in [2.45, 2.75) is 39.7 Å². The molecule has 30 heavy (non-hydrogen) atoms. The van der Waals surface area contributed by atoms with E-state index in [4.69, 9.17) is 4.52 Å². The lowest BCUT2D eigenvalue weighted by Gasteiger charge is -2.35. The Kier molecular flexibility index (Phi) is 5.65. The second kappa shape index (κ2) is 8.53. The van der Waals surface area contributed by atoms with Crippen molar-refractivity contribution in [1.82, 2.24) is 20.4 Å². The van der Waals surface area contributed by atoms with E-state index in [1.165, 1.54) is 5.56 Å². The van der Waals surface area contributed by atoms with Crippen molar-refractivity contribution in [1.29, 1.82) is 0 Å². The Labute approximate surface area is 176 Å². The number of hydrogen-bond acceptors (Lipinski definition) is 4. The zero-order chi connectivity index (χ0) is 21.1. The van der Waals surface area contributed by atoms with Crippen LogP contribution in [0.3, 0.4) is 0 Å². The standard InChI is InChI=1S/C24H26N4O2/c1-4-15-28-16(3)20(23-26-22(27-30-23)19-9-7-6-8-10-19)21(25-24(28)29)18-13-11-17(5-2)12-14-18/h6-14,21H,4-5,15H2,1-3H3,(H,25,29). The predicted octanol–water partition coefficient (Wildman–Crippen LogP) is 5.21. The molecular weight excluding hydrogens is 376 g/mol. The van der Waals surface area contributed by atoms with Gasteiger partial charge in [-0.15, -0.1) is 0 Å². The number of hydrogen-bond donors (Lipinski definition) is 1. The van der Waals surface area contributed by atoms with E-state index in [9.17, 15) is 4.79 Å². The van der Waals surface area contributed by atoms with Gasteiger partial charge in [0.1, 0.15) is 0 Å². The minimum atomic E-state index is -0.347. The van der Waals surface area contributed by atoms with E-state index in [2.05, 4.69) is 53.6 Å². The molecule has 6 heteroatoms.